The number of anilines is 1. The van der Waals surface area contributed by atoms with Crippen molar-refractivity contribution in [1.82, 2.24) is 0 Å². The van der Waals surface area contributed by atoms with Crippen LogP contribution in [0.1, 0.15) is 19.8 Å². The van der Waals surface area contributed by atoms with Gasteiger partial charge in [-0.15, -0.1) is 0 Å². The van der Waals surface area contributed by atoms with Crippen molar-refractivity contribution in [2.24, 2.45) is 0 Å². The normalized spacial score (nSPS) is 19.1. The van der Waals surface area contributed by atoms with Crippen LogP contribution in [0, 0.1) is 17.5 Å². The number of fused-ring (bicyclic) bond motifs is 1. The molecule has 0 spiro atoms. The van der Waals surface area contributed by atoms with Crippen LogP contribution in [-0.2, 0) is 19.4 Å². The summed E-state index contributed by atoms with van der Waals surface area (Å²) in [5.74, 6) is -6.09. The predicted molar refractivity (Wildman–Crippen MR) is 73.7 cm³/mol. The molecule has 1 heterocycles. The number of benzene rings is 1. The molecule has 1 aromatic rings. The summed E-state index contributed by atoms with van der Waals surface area (Å²) in [4.78, 5) is 11.6. The first-order valence-corrected chi connectivity index (χ1v) is 8.37. The van der Waals surface area contributed by atoms with Crippen LogP contribution in [0.25, 0.3) is 0 Å². The van der Waals surface area contributed by atoms with Gasteiger partial charge in [-0.3, -0.25) is 0 Å². The zero-order valence-electron chi connectivity index (χ0n) is 12.0. The van der Waals surface area contributed by atoms with Crippen molar-refractivity contribution in [2.45, 2.75) is 30.7 Å². The van der Waals surface area contributed by atoms with E-state index in [1.165, 1.54) is 11.8 Å². The summed E-state index contributed by atoms with van der Waals surface area (Å²) in [6.07, 6.45) is 2.17. The molecule has 1 aliphatic heterocycles. The summed E-state index contributed by atoms with van der Waals surface area (Å²) in [7, 11) is -4.51. The molecule has 23 heavy (non-hydrogen) atoms. The highest BCUT2D eigenvalue weighted by Gasteiger charge is 2.43. The maximum atomic E-state index is 14.1. The summed E-state index contributed by atoms with van der Waals surface area (Å²) in [5.41, 5.74) is -0.570. The Kier molecular flexibility index (Phi) is 3.62. The molecule has 1 aromatic carbocycles. The Morgan fingerprint density at radius 3 is 2.52 bits per heavy atom. The molecule has 0 aromatic heterocycles. The van der Waals surface area contributed by atoms with E-state index in [1.807, 2.05) is 0 Å². The Balaban J connectivity index is 2.26. The van der Waals surface area contributed by atoms with Gasteiger partial charge in [-0.05, 0) is 25.8 Å². The maximum absolute atomic E-state index is 14.1. The Bertz CT molecular complexity index is 831. The van der Waals surface area contributed by atoms with Gasteiger partial charge in [-0.1, -0.05) is 0 Å². The van der Waals surface area contributed by atoms with Crippen molar-refractivity contribution in [1.29, 1.82) is 0 Å². The van der Waals surface area contributed by atoms with Gasteiger partial charge in [-0.2, -0.15) is 0 Å². The molecule has 1 fully saturated rings. The van der Waals surface area contributed by atoms with Crippen molar-refractivity contribution >= 4 is 21.5 Å². The minimum Gasteiger partial charge on any atom is -0.462 e. The van der Waals surface area contributed by atoms with E-state index in [0.717, 1.165) is 6.20 Å². The van der Waals surface area contributed by atoms with Crippen molar-refractivity contribution in [3.8, 4) is 0 Å². The number of esters is 1. The van der Waals surface area contributed by atoms with Gasteiger partial charge in [0.1, 0.15) is 4.90 Å². The Morgan fingerprint density at radius 2 is 1.96 bits per heavy atom. The fourth-order valence-corrected chi connectivity index (χ4v) is 3.87. The van der Waals surface area contributed by atoms with Crippen LogP contribution < -0.4 is 4.90 Å². The third-order valence-electron chi connectivity index (χ3n) is 3.61. The van der Waals surface area contributed by atoms with E-state index in [0.29, 0.717) is 18.9 Å². The SMILES string of the molecule is CCOC(=O)C1=CN(C2CC2)c2c(cc(F)c(F)c2F)S1(=O)=O. The van der Waals surface area contributed by atoms with E-state index >= 15 is 0 Å². The van der Waals surface area contributed by atoms with Gasteiger partial charge in [0.15, 0.2) is 22.4 Å². The molecule has 0 bridgehead atoms. The first-order valence-electron chi connectivity index (χ1n) is 6.89. The summed E-state index contributed by atoms with van der Waals surface area (Å²) in [6, 6.07) is 0.123. The predicted octanol–water partition coefficient (Wildman–Crippen LogP) is 2.26. The highest BCUT2D eigenvalue weighted by Crippen LogP contribution is 2.44. The number of carbonyl (C=O) groups excluding carboxylic acids is 1. The van der Waals surface area contributed by atoms with Gasteiger partial charge in [0, 0.05) is 12.2 Å². The highest BCUT2D eigenvalue weighted by molar-refractivity contribution is 7.96. The number of hydrogen-bond acceptors (Lipinski definition) is 5. The second-order valence-electron chi connectivity index (χ2n) is 5.19. The molecule has 5 nitrogen and oxygen atoms in total. The van der Waals surface area contributed by atoms with Gasteiger partial charge in [0.05, 0.1) is 12.3 Å². The molecule has 3 rings (SSSR count). The van der Waals surface area contributed by atoms with Crippen molar-refractivity contribution < 1.29 is 31.1 Å². The van der Waals surface area contributed by atoms with Crippen LogP contribution in [0.2, 0.25) is 0 Å². The smallest absolute Gasteiger partial charge is 0.351 e. The molecule has 0 N–H and O–H groups in total. The molecule has 0 saturated heterocycles. The average molecular weight is 347 g/mol. The minimum absolute atomic E-state index is 0.0614. The van der Waals surface area contributed by atoms with Crippen molar-refractivity contribution in [2.75, 3.05) is 11.5 Å². The third kappa shape index (κ3) is 2.39. The number of ether oxygens (including phenoxy) is 1. The van der Waals surface area contributed by atoms with Crippen LogP contribution in [0.5, 0.6) is 0 Å². The van der Waals surface area contributed by atoms with Crippen LogP contribution in [-0.4, -0.2) is 27.0 Å². The molecule has 0 amide bonds. The quantitative estimate of drug-likeness (QED) is 0.477. The molecule has 124 valence electrons. The van der Waals surface area contributed by atoms with Crippen LogP contribution in [0.15, 0.2) is 22.1 Å². The van der Waals surface area contributed by atoms with Crippen molar-refractivity contribution in [3.05, 3.63) is 34.6 Å². The zero-order valence-corrected chi connectivity index (χ0v) is 12.8. The minimum atomic E-state index is -4.51. The average Bonchev–Trinajstić information content (AvgIpc) is 3.30. The first kappa shape index (κ1) is 15.9. The van der Waals surface area contributed by atoms with Crippen LogP contribution in [0.3, 0.4) is 0 Å². The topological polar surface area (TPSA) is 63.7 Å². The third-order valence-corrected chi connectivity index (χ3v) is 5.35. The molecule has 1 aliphatic carbocycles. The van der Waals surface area contributed by atoms with Gasteiger partial charge in [0.2, 0.25) is 9.84 Å². The molecular formula is C14H12F3NO4S. The summed E-state index contributed by atoms with van der Waals surface area (Å²) in [6.45, 7) is 1.43. The lowest BCUT2D eigenvalue weighted by Crippen LogP contribution is -2.32. The number of sulfone groups is 1. The lowest BCUT2D eigenvalue weighted by molar-refractivity contribution is -0.137. The Labute approximate surface area is 130 Å². The van der Waals surface area contributed by atoms with E-state index in [1.54, 1.807) is 0 Å². The fourth-order valence-electron chi connectivity index (χ4n) is 2.39. The molecule has 0 unspecified atom stereocenters. The van der Waals surface area contributed by atoms with Crippen LogP contribution >= 0.6 is 0 Å². The second kappa shape index (κ2) is 5.26. The number of hydrogen-bond donors (Lipinski definition) is 0. The lowest BCUT2D eigenvalue weighted by Gasteiger charge is -2.29. The van der Waals surface area contributed by atoms with Gasteiger partial charge >= 0.3 is 5.97 Å². The van der Waals surface area contributed by atoms with Gasteiger partial charge in [0.25, 0.3) is 0 Å². The molecular weight excluding hydrogens is 335 g/mol. The van der Waals surface area contributed by atoms with Gasteiger partial charge < -0.3 is 9.64 Å². The number of rotatable bonds is 3. The monoisotopic (exact) mass is 347 g/mol. The highest BCUT2D eigenvalue weighted by atomic mass is 32.2. The Hall–Kier alpha value is -2.03. The van der Waals surface area contributed by atoms with E-state index in [9.17, 15) is 26.4 Å². The second-order valence-corrected chi connectivity index (χ2v) is 7.08. The van der Waals surface area contributed by atoms with Crippen molar-refractivity contribution in [3.63, 3.8) is 0 Å². The maximum Gasteiger partial charge on any atom is 0.351 e. The standard InChI is InChI=1S/C14H12F3NO4S/c1-2-22-14(19)10-6-18(7-3-4-7)13-9(23(10,20)21)5-8(15)11(16)12(13)17/h5-7H,2-4H2,1H3. The number of nitrogens with zero attached hydrogens (tertiary/aromatic N) is 1. The number of carbonyl (C=O) groups is 1. The van der Waals surface area contributed by atoms with E-state index in [-0.39, 0.29) is 12.6 Å². The number of halogens is 3. The lowest BCUT2D eigenvalue weighted by atomic mass is 10.2. The van der Waals surface area contributed by atoms with E-state index < -0.39 is 48.7 Å². The van der Waals surface area contributed by atoms with E-state index in [4.69, 9.17) is 4.74 Å². The first-order chi connectivity index (χ1) is 10.8. The molecule has 9 heteroatoms. The largest absolute Gasteiger partial charge is 0.462 e. The zero-order chi connectivity index (χ0) is 16.9. The van der Waals surface area contributed by atoms with E-state index in [2.05, 4.69) is 0 Å². The fraction of sp³-hybridized carbons (Fsp3) is 0.357. The molecule has 0 radical (unpaired) electrons. The summed E-state index contributed by atoms with van der Waals surface area (Å²) in [5, 5.41) is 0. The van der Waals surface area contributed by atoms with Crippen LogP contribution in [0.4, 0.5) is 18.9 Å². The molecule has 0 atom stereocenters. The summed E-state index contributed by atoms with van der Waals surface area (Å²) >= 11 is 0. The Morgan fingerprint density at radius 1 is 1.30 bits per heavy atom. The molecule has 1 saturated carbocycles. The van der Waals surface area contributed by atoms with Gasteiger partial charge in [-0.25, -0.2) is 26.4 Å². The molecule has 2 aliphatic rings. The summed E-state index contributed by atoms with van der Waals surface area (Å²) < 4.78 is 70.8.